The number of imide groups is 1. The Morgan fingerprint density at radius 1 is 1.40 bits per heavy atom. The van der Waals surface area contributed by atoms with Crippen LogP contribution in [-0.2, 0) is 20.9 Å². The topological polar surface area (TPSA) is 84.9 Å². The normalized spacial score (nSPS) is 22.8. The van der Waals surface area contributed by atoms with E-state index in [4.69, 9.17) is 9.47 Å². The van der Waals surface area contributed by atoms with Crippen molar-refractivity contribution in [3.63, 3.8) is 0 Å². The summed E-state index contributed by atoms with van der Waals surface area (Å²) in [6.45, 7) is 1.38. The summed E-state index contributed by atoms with van der Waals surface area (Å²) >= 11 is 3.36. The Balaban J connectivity index is 1.57. The van der Waals surface area contributed by atoms with E-state index in [1.807, 2.05) is 0 Å². The number of carbonyl (C=O) groups excluding carboxylic acids is 3. The summed E-state index contributed by atoms with van der Waals surface area (Å²) in [6.07, 6.45) is 1.82. The van der Waals surface area contributed by atoms with Crippen LogP contribution >= 0.6 is 15.9 Å². The van der Waals surface area contributed by atoms with E-state index in [1.165, 1.54) is 0 Å². The lowest BCUT2D eigenvalue weighted by atomic mass is 9.96. The highest BCUT2D eigenvalue weighted by Crippen LogP contribution is 2.42. The van der Waals surface area contributed by atoms with Crippen molar-refractivity contribution in [2.45, 2.75) is 31.9 Å². The van der Waals surface area contributed by atoms with Crippen LogP contribution in [0.4, 0.5) is 4.79 Å². The highest BCUT2D eigenvalue weighted by molar-refractivity contribution is 9.10. The molecule has 0 spiro atoms. The van der Waals surface area contributed by atoms with Crippen LogP contribution in [0.25, 0.3) is 0 Å². The molecule has 2 aliphatic rings. The molecule has 1 aromatic rings. The molecule has 25 heavy (non-hydrogen) atoms. The molecule has 1 aliphatic heterocycles. The van der Waals surface area contributed by atoms with Gasteiger partial charge in [0.2, 0.25) is 0 Å². The molecule has 3 rings (SSSR count). The molecule has 7 nitrogen and oxygen atoms in total. The molecule has 8 heteroatoms. The van der Waals surface area contributed by atoms with Crippen LogP contribution < -0.4 is 10.1 Å². The van der Waals surface area contributed by atoms with E-state index in [0.717, 1.165) is 27.8 Å². The average Bonchev–Trinajstić information content (AvgIpc) is 3.39. The largest absolute Gasteiger partial charge is 0.496 e. The van der Waals surface area contributed by atoms with E-state index >= 15 is 0 Å². The number of methoxy groups -OCH3 is 1. The van der Waals surface area contributed by atoms with Crippen molar-refractivity contribution < 1.29 is 23.9 Å². The van der Waals surface area contributed by atoms with Gasteiger partial charge in [-0.15, -0.1) is 0 Å². The SMILES string of the molecule is COc1ccc(COC(=O)CN2C(=O)N[C@](C)(C3CC3)C2=O)cc1Br. The summed E-state index contributed by atoms with van der Waals surface area (Å²) in [5.41, 5.74) is -0.126. The maximum absolute atomic E-state index is 12.5. The summed E-state index contributed by atoms with van der Waals surface area (Å²) in [7, 11) is 1.56. The van der Waals surface area contributed by atoms with Gasteiger partial charge in [0.05, 0.1) is 11.6 Å². The number of esters is 1. The number of benzene rings is 1. The van der Waals surface area contributed by atoms with Gasteiger partial charge in [-0.2, -0.15) is 0 Å². The number of rotatable bonds is 6. The fourth-order valence-corrected chi connectivity index (χ4v) is 3.52. The third kappa shape index (κ3) is 3.49. The fraction of sp³-hybridized carbons (Fsp3) is 0.471. The quantitative estimate of drug-likeness (QED) is 0.573. The van der Waals surface area contributed by atoms with Gasteiger partial charge >= 0.3 is 12.0 Å². The van der Waals surface area contributed by atoms with Crippen molar-refractivity contribution in [1.29, 1.82) is 0 Å². The number of hydrogen-bond acceptors (Lipinski definition) is 5. The fourth-order valence-electron chi connectivity index (χ4n) is 2.93. The number of ether oxygens (including phenoxy) is 2. The van der Waals surface area contributed by atoms with Crippen LogP contribution in [0.15, 0.2) is 22.7 Å². The summed E-state index contributed by atoms with van der Waals surface area (Å²) in [5.74, 6) is -0.157. The lowest BCUT2D eigenvalue weighted by Gasteiger charge is -2.20. The first-order valence-electron chi connectivity index (χ1n) is 7.97. The molecule has 1 atom stereocenters. The first-order chi connectivity index (χ1) is 11.8. The minimum atomic E-state index is -0.891. The summed E-state index contributed by atoms with van der Waals surface area (Å²) in [5, 5.41) is 2.70. The van der Waals surface area contributed by atoms with Gasteiger partial charge in [-0.1, -0.05) is 6.07 Å². The lowest BCUT2D eigenvalue weighted by Crippen LogP contribution is -2.46. The van der Waals surface area contributed by atoms with E-state index in [1.54, 1.807) is 32.2 Å². The second-order valence-electron chi connectivity index (χ2n) is 6.43. The Morgan fingerprint density at radius 3 is 2.72 bits per heavy atom. The van der Waals surface area contributed by atoms with Gasteiger partial charge in [-0.05, 0) is 59.3 Å². The van der Waals surface area contributed by atoms with Gasteiger partial charge in [0, 0.05) is 0 Å². The van der Waals surface area contributed by atoms with Gasteiger partial charge in [-0.3, -0.25) is 14.5 Å². The number of urea groups is 1. The molecular weight excluding hydrogens is 392 g/mol. The van der Waals surface area contributed by atoms with Crippen molar-refractivity contribution in [2.75, 3.05) is 13.7 Å². The molecule has 134 valence electrons. The monoisotopic (exact) mass is 410 g/mol. The van der Waals surface area contributed by atoms with Gasteiger partial charge in [0.25, 0.3) is 5.91 Å². The summed E-state index contributed by atoms with van der Waals surface area (Å²) in [6, 6.07) is 4.77. The molecule has 1 aromatic carbocycles. The van der Waals surface area contributed by atoms with E-state index < -0.39 is 17.5 Å². The molecule has 0 radical (unpaired) electrons. The number of hydrogen-bond donors (Lipinski definition) is 1. The van der Waals surface area contributed by atoms with Crippen LogP contribution in [0.2, 0.25) is 0 Å². The van der Waals surface area contributed by atoms with E-state index in [0.29, 0.717) is 5.75 Å². The molecule has 2 fully saturated rings. The molecule has 1 aliphatic carbocycles. The zero-order valence-electron chi connectivity index (χ0n) is 14.0. The molecule has 0 aromatic heterocycles. The summed E-state index contributed by atoms with van der Waals surface area (Å²) in [4.78, 5) is 37.5. The van der Waals surface area contributed by atoms with Gasteiger partial charge < -0.3 is 14.8 Å². The number of halogens is 1. The van der Waals surface area contributed by atoms with Gasteiger partial charge in [-0.25, -0.2) is 4.79 Å². The Hall–Kier alpha value is -2.09. The Morgan fingerprint density at radius 2 is 2.12 bits per heavy atom. The van der Waals surface area contributed by atoms with E-state index in [-0.39, 0.29) is 25.0 Å². The zero-order chi connectivity index (χ0) is 18.2. The van der Waals surface area contributed by atoms with Crippen molar-refractivity contribution in [3.8, 4) is 5.75 Å². The number of amides is 3. The van der Waals surface area contributed by atoms with Crippen LogP contribution in [0, 0.1) is 5.92 Å². The third-order valence-corrected chi connectivity index (χ3v) is 5.22. The smallest absolute Gasteiger partial charge is 0.326 e. The Bertz CT molecular complexity index is 734. The van der Waals surface area contributed by atoms with Crippen molar-refractivity contribution in [3.05, 3.63) is 28.2 Å². The van der Waals surface area contributed by atoms with Crippen LogP contribution in [-0.4, -0.2) is 42.0 Å². The Kier molecular flexibility index (Phi) is 4.73. The van der Waals surface area contributed by atoms with E-state index in [9.17, 15) is 14.4 Å². The molecule has 3 amide bonds. The molecule has 0 unspecified atom stereocenters. The minimum Gasteiger partial charge on any atom is -0.496 e. The van der Waals surface area contributed by atoms with Crippen LogP contribution in [0.3, 0.4) is 0 Å². The molecule has 1 heterocycles. The molecule has 1 saturated heterocycles. The first kappa shape index (κ1) is 17.7. The Labute approximate surface area is 153 Å². The predicted octanol–water partition coefficient (Wildman–Crippen LogP) is 2.22. The van der Waals surface area contributed by atoms with Gasteiger partial charge in [0.1, 0.15) is 24.4 Å². The maximum Gasteiger partial charge on any atom is 0.326 e. The van der Waals surface area contributed by atoms with E-state index in [2.05, 4.69) is 21.2 Å². The number of nitrogens with zero attached hydrogens (tertiary/aromatic N) is 1. The molecule has 0 bridgehead atoms. The molecule has 1 N–H and O–H groups in total. The summed E-state index contributed by atoms with van der Waals surface area (Å²) < 4.78 is 11.1. The highest BCUT2D eigenvalue weighted by atomic mass is 79.9. The second kappa shape index (κ2) is 6.67. The first-order valence-corrected chi connectivity index (χ1v) is 8.76. The zero-order valence-corrected chi connectivity index (χ0v) is 15.6. The van der Waals surface area contributed by atoms with Crippen molar-refractivity contribution >= 4 is 33.8 Å². The second-order valence-corrected chi connectivity index (χ2v) is 7.28. The molecular formula is C17H19BrN2O5. The van der Waals surface area contributed by atoms with Gasteiger partial charge in [0.15, 0.2) is 0 Å². The average molecular weight is 411 g/mol. The predicted molar refractivity (Wildman–Crippen MR) is 91.9 cm³/mol. The lowest BCUT2D eigenvalue weighted by molar-refractivity contribution is -0.148. The van der Waals surface area contributed by atoms with Crippen molar-refractivity contribution in [2.24, 2.45) is 5.92 Å². The molecule has 1 saturated carbocycles. The van der Waals surface area contributed by atoms with Crippen molar-refractivity contribution in [1.82, 2.24) is 10.2 Å². The highest BCUT2D eigenvalue weighted by Gasteiger charge is 2.56. The number of carbonyl (C=O) groups is 3. The third-order valence-electron chi connectivity index (χ3n) is 4.60. The van der Waals surface area contributed by atoms with Crippen LogP contribution in [0.1, 0.15) is 25.3 Å². The maximum atomic E-state index is 12.5. The number of nitrogens with one attached hydrogen (secondary N) is 1. The standard InChI is InChI=1S/C17H19BrN2O5/c1-17(11-4-5-11)15(22)20(16(23)19-17)8-14(21)25-9-10-3-6-13(24-2)12(18)7-10/h3,6-7,11H,4-5,8-9H2,1-2H3,(H,19,23)/t17-/m1/s1. The minimum absolute atomic E-state index is 0.0466. The van der Waals surface area contributed by atoms with Crippen LogP contribution in [0.5, 0.6) is 5.75 Å².